The maximum atomic E-state index is 12.2. The fourth-order valence-corrected chi connectivity index (χ4v) is 2.58. The molecule has 2 aromatic carbocycles. The third-order valence-corrected chi connectivity index (χ3v) is 4.14. The van der Waals surface area contributed by atoms with E-state index in [4.69, 9.17) is 18.9 Å². The van der Waals surface area contributed by atoms with E-state index < -0.39 is 18.0 Å². The molecule has 0 fully saturated rings. The molecule has 0 bridgehead atoms. The molecule has 0 unspecified atom stereocenters. The second-order valence-electron chi connectivity index (χ2n) is 6.74. The predicted octanol–water partition coefficient (Wildman–Crippen LogP) is 4.23. The van der Waals surface area contributed by atoms with Crippen LogP contribution in [0, 0.1) is 0 Å². The van der Waals surface area contributed by atoms with Gasteiger partial charge in [-0.3, -0.25) is 10.1 Å². The van der Waals surface area contributed by atoms with Crippen molar-refractivity contribution >= 4 is 24.1 Å². The van der Waals surface area contributed by atoms with Gasteiger partial charge in [-0.15, -0.1) is 0 Å². The Morgan fingerprint density at radius 1 is 1.03 bits per heavy atom. The molecule has 0 saturated heterocycles. The number of ether oxygens (including phenoxy) is 4. The first-order valence-corrected chi connectivity index (χ1v) is 10.2. The Morgan fingerprint density at radius 3 is 2.44 bits per heavy atom. The zero-order valence-corrected chi connectivity index (χ0v) is 18.4. The zero-order valence-electron chi connectivity index (χ0n) is 18.4. The van der Waals surface area contributed by atoms with E-state index in [1.165, 1.54) is 20.1 Å². The molecule has 0 atom stereocenters. The number of esters is 2. The lowest BCUT2D eigenvalue weighted by Gasteiger charge is -2.12. The average molecular weight is 441 g/mol. The van der Waals surface area contributed by atoms with Gasteiger partial charge in [-0.1, -0.05) is 49.7 Å². The van der Waals surface area contributed by atoms with E-state index in [2.05, 4.69) is 5.32 Å². The number of carbonyl (C=O) groups excluding carboxylic acids is 3. The summed E-state index contributed by atoms with van der Waals surface area (Å²) in [6.45, 7) is 3.81. The molecular weight excluding hydrogens is 414 g/mol. The monoisotopic (exact) mass is 441 g/mol. The van der Waals surface area contributed by atoms with Crippen LogP contribution in [0.4, 0.5) is 4.79 Å². The van der Waals surface area contributed by atoms with Gasteiger partial charge < -0.3 is 18.9 Å². The number of rotatable bonds is 10. The van der Waals surface area contributed by atoms with Crippen molar-refractivity contribution in [3.05, 3.63) is 65.4 Å². The SMILES string of the molecule is CCCCOc1cc(C=C(NC(=O)OCc2ccccc2)C(=O)OC)ccc1OC(C)=O. The number of hydrogen-bond acceptors (Lipinski definition) is 7. The number of nitrogens with one attached hydrogen (secondary N) is 1. The Balaban J connectivity index is 2.19. The van der Waals surface area contributed by atoms with Gasteiger partial charge in [-0.25, -0.2) is 9.59 Å². The summed E-state index contributed by atoms with van der Waals surface area (Å²) in [7, 11) is 1.20. The number of methoxy groups -OCH3 is 1. The van der Waals surface area contributed by atoms with Crippen LogP contribution < -0.4 is 14.8 Å². The van der Waals surface area contributed by atoms with Crippen molar-refractivity contribution in [1.29, 1.82) is 0 Å². The fourth-order valence-electron chi connectivity index (χ4n) is 2.58. The summed E-state index contributed by atoms with van der Waals surface area (Å²) < 4.78 is 20.8. The first-order valence-electron chi connectivity index (χ1n) is 10.2. The van der Waals surface area contributed by atoms with E-state index in [-0.39, 0.29) is 18.1 Å². The Morgan fingerprint density at radius 2 is 1.78 bits per heavy atom. The number of alkyl carbamates (subject to hydrolysis) is 1. The lowest BCUT2D eigenvalue weighted by molar-refractivity contribution is -0.136. The van der Waals surface area contributed by atoms with Crippen molar-refractivity contribution < 1.29 is 33.3 Å². The lowest BCUT2D eigenvalue weighted by atomic mass is 10.1. The second kappa shape index (κ2) is 12.8. The van der Waals surface area contributed by atoms with Crippen molar-refractivity contribution in [1.82, 2.24) is 5.32 Å². The molecule has 0 aliphatic heterocycles. The average Bonchev–Trinajstić information content (AvgIpc) is 2.79. The highest BCUT2D eigenvalue weighted by Crippen LogP contribution is 2.29. The van der Waals surface area contributed by atoms with Crippen molar-refractivity contribution in [3.63, 3.8) is 0 Å². The van der Waals surface area contributed by atoms with Crippen molar-refractivity contribution in [2.75, 3.05) is 13.7 Å². The van der Waals surface area contributed by atoms with Gasteiger partial charge in [-0.05, 0) is 35.8 Å². The normalized spacial score (nSPS) is 10.8. The molecular formula is C24H27NO7. The van der Waals surface area contributed by atoms with Crippen LogP contribution in [0.15, 0.2) is 54.2 Å². The Labute approximate surface area is 187 Å². The molecule has 1 N–H and O–H groups in total. The van der Waals surface area contributed by atoms with Gasteiger partial charge in [0.05, 0.1) is 13.7 Å². The topological polar surface area (TPSA) is 100 Å². The highest BCUT2D eigenvalue weighted by Gasteiger charge is 2.16. The Kier molecular flexibility index (Phi) is 9.77. The summed E-state index contributed by atoms with van der Waals surface area (Å²) >= 11 is 0. The smallest absolute Gasteiger partial charge is 0.412 e. The lowest BCUT2D eigenvalue weighted by Crippen LogP contribution is -2.28. The summed E-state index contributed by atoms with van der Waals surface area (Å²) in [6, 6.07) is 13.9. The summed E-state index contributed by atoms with van der Waals surface area (Å²) in [5, 5.41) is 2.40. The molecule has 0 aromatic heterocycles. The summed E-state index contributed by atoms with van der Waals surface area (Å²) in [5.74, 6) is -0.621. The summed E-state index contributed by atoms with van der Waals surface area (Å²) in [6.07, 6.45) is 2.37. The molecule has 2 rings (SSSR count). The number of benzene rings is 2. The van der Waals surface area contributed by atoms with E-state index in [1.807, 2.05) is 37.3 Å². The standard InChI is InChI=1S/C24H27NO7/c1-4-5-13-30-22-15-19(11-12-21(22)32-17(2)26)14-20(23(27)29-3)25-24(28)31-16-18-9-7-6-8-10-18/h6-12,14-15H,4-5,13,16H2,1-3H3,(H,25,28). The van der Waals surface area contributed by atoms with Crippen molar-refractivity contribution in [2.45, 2.75) is 33.3 Å². The van der Waals surface area contributed by atoms with Gasteiger partial charge >= 0.3 is 18.0 Å². The molecule has 0 heterocycles. The third-order valence-electron chi connectivity index (χ3n) is 4.14. The summed E-state index contributed by atoms with van der Waals surface area (Å²) in [5.41, 5.74) is 1.21. The Hall–Kier alpha value is -3.81. The fraction of sp³-hybridized carbons (Fsp3) is 0.292. The van der Waals surface area contributed by atoms with Gasteiger partial charge in [0.15, 0.2) is 11.5 Å². The van der Waals surface area contributed by atoms with E-state index in [1.54, 1.807) is 18.2 Å². The maximum absolute atomic E-state index is 12.2. The maximum Gasteiger partial charge on any atom is 0.412 e. The van der Waals surface area contributed by atoms with Gasteiger partial charge in [0, 0.05) is 6.92 Å². The quantitative estimate of drug-likeness (QED) is 0.255. The largest absolute Gasteiger partial charge is 0.490 e. The number of unbranched alkanes of at least 4 members (excludes halogenated alkanes) is 1. The van der Waals surface area contributed by atoms with Crippen LogP contribution in [0.25, 0.3) is 6.08 Å². The van der Waals surface area contributed by atoms with Gasteiger partial charge in [0.2, 0.25) is 0 Å². The van der Waals surface area contributed by atoms with Crippen LogP contribution in [0.1, 0.15) is 37.8 Å². The first-order chi connectivity index (χ1) is 15.4. The van der Waals surface area contributed by atoms with Gasteiger partial charge in [0.1, 0.15) is 12.3 Å². The number of amides is 1. The minimum Gasteiger partial charge on any atom is -0.490 e. The molecule has 0 aliphatic carbocycles. The van der Waals surface area contributed by atoms with E-state index in [0.717, 1.165) is 18.4 Å². The van der Waals surface area contributed by atoms with E-state index in [9.17, 15) is 14.4 Å². The van der Waals surface area contributed by atoms with Crippen LogP contribution in [0.3, 0.4) is 0 Å². The zero-order chi connectivity index (χ0) is 23.3. The van der Waals surface area contributed by atoms with Crippen molar-refractivity contribution in [3.8, 4) is 11.5 Å². The number of hydrogen-bond donors (Lipinski definition) is 1. The van der Waals surface area contributed by atoms with Crippen LogP contribution in [0.5, 0.6) is 11.5 Å². The molecule has 8 heteroatoms. The van der Waals surface area contributed by atoms with Crippen LogP contribution >= 0.6 is 0 Å². The molecule has 170 valence electrons. The van der Waals surface area contributed by atoms with Crippen LogP contribution in [-0.2, 0) is 25.7 Å². The molecule has 0 radical (unpaired) electrons. The minimum absolute atomic E-state index is 0.0492. The van der Waals surface area contributed by atoms with Crippen LogP contribution in [-0.4, -0.2) is 31.7 Å². The first kappa shape index (κ1) is 24.5. The molecule has 0 spiro atoms. The molecule has 0 saturated carbocycles. The van der Waals surface area contributed by atoms with Gasteiger partial charge in [-0.2, -0.15) is 0 Å². The summed E-state index contributed by atoms with van der Waals surface area (Å²) in [4.78, 5) is 35.7. The van der Waals surface area contributed by atoms with Gasteiger partial charge in [0.25, 0.3) is 0 Å². The number of carbonyl (C=O) groups is 3. The highest BCUT2D eigenvalue weighted by molar-refractivity contribution is 5.96. The Bertz CT molecular complexity index is 954. The molecule has 1 amide bonds. The van der Waals surface area contributed by atoms with Crippen LogP contribution in [0.2, 0.25) is 0 Å². The highest BCUT2D eigenvalue weighted by atomic mass is 16.6. The molecule has 8 nitrogen and oxygen atoms in total. The molecule has 0 aliphatic rings. The molecule has 32 heavy (non-hydrogen) atoms. The third kappa shape index (κ3) is 8.14. The van der Waals surface area contributed by atoms with Crippen molar-refractivity contribution in [2.24, 2.45) is 0 Å². The minimum atomic E-state index is -0.804. The van der Waals surface area contributed by atoms with E-state index >= 15 is 0 Å². The molecule has 2 aromatic rings. The predicted molar refractivity (Wildman–Crippen MR) is 118 cm³/mol. The second-order valence-corrected chi connectivity index (χ2v) is 6.74. The van der Waals surface area contributed by atoms with E-state index in [0.29, 0.717) is 17.9 Å².